The van der Waals surface area contributed by atoms with E-state index < -0.39 is 0 Å². The Kier molecular flexibility index (Phi) is 5.26. The van der Waals surface area contributed by atoms with E-state index in [9.17, 15) is 0 Å². The molecule has 0 saturated heterocycles. The van der Waals surface area contributed by atoms with Crippen molar-refractivity contribution < 1.29 is 4.74 Å². The predicted octanol–water partition coefficient (Wildman–Crippen LogP) is 3.65. The first kappa shape index (κ1) is 14.4. The van der Waals surface area contributed by atoms with E-state index in [1.165, 1.54) is 24.8 Å². The second-order valence-corrected chi connectivity index (χ2v) is 6.17. The van der Waals surface area contributed by atoms with Gasteiger partial charge in [0.05, 0.1) is 7.11 Å². The molecule has 1 aromatic carbocycles. The molecule has 0 radical (unpaired) electrons. The topological polar surface area (TPSA) is 21.3 Å². The maximum absolute atomic E-state index is 5.26. The quantitative estimate of drug-likeness (QED) is 0.873. The van der Waals surface area contributed by atoms with Crippen molar-refractivity contribution in [2.45, 2.75) is 45.6 Å². The number of rotatable bonds is 5. The molecule has 1 aromatic rings. The van der Waals surface area contributed by atoms with Crippen molar-refractivity contribution in [2.75, 3.05) is 13.7 Å². The molecule has 0 spiro atoms. The van der Waals surface area contributed by atoms with Gasteiger partial charge in [-0.2, -0.15) is 0 Å². The zero-order chi connectivity index (χ0) is 13.7. The highest BCUT2D eigenvalue weighted by Gasteiger charge is 2.23. The lowest BCUT2D eigenvalue weighted by molar-refractivity contribution is 0.240. The molecule has 2 atom stereocenters. The van der Waals surface area contributed by atoms with Crippen LogP contribution in [-0.2, 0) is 6.42 Å². The zero-order valence-electron chi connectivity index (χ0n) is 12.5. The molecule has 2 heteroatoms. The Hall–Kier alpha value is -1.02. The van der Waals surface area contributed by atoms with E-state index in [1.807, 2.05) is 6.07 Å². The van der Waals surface area contributed by atoms with Gasteiger partial charge in [-0.25, -0.2) is 0 Å². The SMILES string of the molecule is COc1cccc(CCNC2CC(C)CC(C)C2)c1. The van der Waals surface area contributed by atoms with Gasteiger partial charge in [-0.1, -0.05) is 26.0 Å². The van der Waals surface area contributed by atoms with Crippen LogP contribution >= 0.6 is 0 Å². The summed E-state index contributed by atoms with van der Waals surface area (Å²) in [5, 5.41) is 3.73. The van der Waals surface area contributed by atoms with E-state index in [4.69, 9.17) is 4.74 Å². The van der Waals surface area contributed by atoms with Crippen molar-refractivity contribution in [1.82, 2.24) is 5.32 Å². The second kappa shape index (κ2) is 6.95. The van der Waals surface area contributed by atoms with E-state index in [-0.39, 0.29) is 0 Å². The molecule has 19 heavy (non-hydrogen) atoms. The van der Waals surface area contributed by atoms with Gasteiger partial charge in [-0.05, 0) is 61.8 Å². The van der Waals surface area contributed by atoms with Gasteiger partial charge >= 0.3 is 0 Å². The van der Waals surface area contributed by atoms with Gasteiger partial charge in [0, 0.05) is 6.04 Å². The Balaban J connectivity index is 1.76. The standard InChI is InChI=1S/C17H27NO/c1-13-9-14(2)11-16(10-13)18-8-7-15-5-4-6-17(12-15)19-3/h4-6,12-14,16,18H,7-11H2,1-3H3. The Labute approximate surface area is 117 Å². The van der Waals surface area contributed by atoms with Gasteiger partial charge in [0.2, 0.25) is 0 Å². The van der Waals surface area contributed by atoms with Gasteiger partial charge in [0.15, 0.2) is 0 Å². The van der Waals surface area contributed by atoms with Crippen LogP contribution in [0.3, 0.4) is 0 Å². The van der Waals surface area contributed by atoms with Crippen LogP contribution in [0.1, 0.15) is 38.7 Å². The van der Waals surface area contributed by atoms with Crippen molar-refractivity contribution in [2.24, 2.45) is 11.8 Å². The van der Waals surface area contributed by atoms with Crippen LogP contribution in [0.15, 0.2) is 24.3 Å². The Bertz CT molecular complexity index is 381. The molecule has 1 N–H and O–H groups in total. The first-order valence-corrected chi connectivity index (χ1v) is 7.53. The average molecular weight is 261 g/mol. The Morgan fingerprint density at radius 2 is 1.89 bits per heavy atom. The smallest absolute Gasteiger partial charge is 0.119 e. The third kappa shape index (κ3) is 4.54. The molecule has 0 bridgehead atoms. The van der Waals surface area contributed by atoms with Crippen molar-refractivity contribution in [1.29, 1.82) is 0 Å². The lowest BCUT2D eigenvalue weighted by Crippen LogP contribution is -2.37. The van der Waals surface area contributed by atoms with Gasteiger partial charge in [-0.3, -0.25) is 0 Å². The highest BCUT2D eigenvalue weighted by Crippen LogP contribution is 2.28. The molecule has 2 unspecified atom stereocenters. The van der Waals surface area contributed by atoms with Gasteiger partial charge in [0.25, 0.3) is 0 Å². The Morgan fingerprint density at radius 3 is 2.58 bits per heavy atom. The van der Waals surface area contributed by atoms with E-state index in [1.54, 1.807) is 7.11 Å². The fraction of sp³-hybridized carbons (Fsp3) is 0.647. The molecule has 0 aromatic heterocycles. The molecule has 1 fully saturated rings. The van der Waals surface area contributed by atoms with Gasteiger partial charge < -0.3 is 10.1 Å². The fourth-order valence-corrected chi connectivity index (χ4v) is 3.36. The molecule has 0 aliphatic heterocycles. The second-order valence-electron chi connectivity index (χ2n) is 6.17. The first-order chi connectivity index (χ1) is 9.17. The van der Waals surface area contributed by atoms with Crippen LogP contribution in [0.5, 0.6) is 5.75 Å². The summed E-state index contributed by atoms with van der Waals surface area (Å²) in [6.45, 7) is 5.83. The van der Waals surface area contributed by atoms with Crippen molar-refractivity contribution in [3.05, 3.63) is 29.8 Å². The summed E-state index contributed by atoms with van der Waals surface area (Å²) in [5.41, 5.74) is 1.35. The number of ether oxygens (including phenoxy) is 1. The molecule has 2 rings (SSSR count). The molecule has 0 amide bonds. The first-order valence-electron chi connectivity index (χ1n) is 7.53. The van der Waals surface area contributed by atoms with Crippen LogP contribution in [0.2, 0.25) is 0 Å². The van der Waals surface area contributed by atoms with Crippen molar-refractivity contribution in [3.8, 4) is 5.75 Å². The normalized spacial score (nSPS) is 27.2. The van der Waals surface area contributed by atoms with Crippen LogP contribution < -0.4 is 10.1 Å². The highest BCUT2D eigenvalue weighted by molar-refractivity contribution is 5.28. The molecule has 1 saturated carbocycles. The third-order valence-corrected chi connectivity index (χ3v) is 4.16. The summed E-state index contributed by atoms with van der Waals surface area (Å²) < 4.78 is 5.26. The zero-order valence-corrected chi connectivity index (χ0v) is 12.5. The Morgan fingerprint density at radius 1 is 1.16 bits per heavy atom. The monoisotopic (exact) mass is 261 g/mol. The minimum Gasteiger partial charge on any atom is -0.497 e. The largest absolute Gasteiger partial charge is 0.497 e. The van der Waals surface area contributed by atoms with Gasteiger partial charge in [-0.15, -0.1) is 0 Å². The molecule has 2 nitrogen and oxygen atoms in total. The number of methoxy groups -OCH3 is 1. The van der Waals surface area contributed by atoms with Crippen LogP contribution in [-0.4, -0.2) is 19.7 Å². The predicted molar refractivity (Wildman–Crippen MR) is 80.7 cm³/mol. The minimum atomic E-state index is 0.712. The third-order valence-electron chi connectivity index (χ3n) is 4.16. The van der Waals surface area contributed by atoms with E-state index in [0.717, 1.165) is 30.6 Å². The molecule has 1 aliphatic rings. The average Bonchev–Trinajstić information content (AvgIpc) is 2.38. The van der Waals surface area contributed by atoms with Gasteiger partial charge in [0.1, 0.15) is 5.75 Å². The van der Waals surface area contributed by atoms with Crippen molar-refractivity contribution in [3.63, 3.8) is 0 Å². The maximum atomic E-state index is 5.26. The van der Waals surface area contributed by atoms with Crippen LogP contribution in [0.25, 0.3) is 0 Å². The van der Waals surface area contributed by atoms with E-state index >= 15 is 0 Å². The number of nitrogens with one attached hydrogen (secondary N) is 1. The molecule has 1 aliphatic carbocycles. The van der Waals surface area contributed by atoms with E-state index in [0.29, 0.717) is 6.04 Å². The molecular weight excluding hydrogens is 234 g/mol. The highest BCUT2D eigenvalue weighted by atomic mass is 16.5. The summed E-state index contributed by atoms with van der Waals surface area (Å²) in [6.07, 6.45) is 5.15. The molecule has 106 valence electrons. The number of hydrogen-bond donors (Lipinski definition) is 1. The number of benzene rings is 1. The summed E-state index contributed by atoms with van der Waals surface area (Å²) in [4.78, 5) is 0. The summed E-state index contributed by atoms with van der Waals surface area (Å²) in [7, 11) is 1.72. The van der Waals surface area contributed by atoms with Crippen LogP contribution in [0.4, 0.5) is 0 Å². The summed E-state index contributed by atoms with van der Waals surface area (Å²) in [5.74, 6) is 2.70. The minimum absolute atomic E-state index is 0.712. The molecular formula is C17H27NO. The maximum Gasteiger partial charge on any atom is 0.119 e. The summed E-state index contributed by atoms with van der Waals surface area (Å²) >= 11 is 0. The number of hydrogen-bond acceptors (Lipinski definition) is 2. The van der Waals surface area contributed by atoms with Crippen molar-refractivity contribution >= 4 is 0 Å². The molecule has 0 heterocycles. The summed E-state index contributed by atoms with van der Waals surface area (Å²) in [6, 6.07) is 9.09. The van der Waals surface area contributed by atoms with Crippen LogP contribution in [0, 0.1) is 11.8 Å². The fourth-order valence-electron chi connectivity index (χ4n) is 3.36. The van der Waals surface area contributed by atoms with E-state index in [2.05, 4.69) is 37.4 Å². The lowest BCUT2D eigenvalue weighted by atomic mass is 9.80. The lowest BCUT2D eigenvalue weighted by Gasteiger charge is -2.32.